The highest BCUT2D eigenvalue weighted by Gasteiger charge is 2.23. The Bertz CT molecular complexity index is 853. The third-order valence-electron chi connectivity index (χ3n) is 6.02. The average Bonchev–Trinajstić information content (AvgIpc) is 3.28. The van der Waals surface area contributed by atoms with Crippen LogP contribution in [-0.2, 0) is 4.74 Å². The zero-order valence-corrected chi connectivity index (χ0v) is 17.4. The van der Waals surface area contributed by atoms with Crippen molar-refractivity contribution in [2.24, 2.45) is 0 Å². The maximum atomic E-state index is 13.0. The van der Waals surface area contributed by atoms with Gasteiger partial charge in [0.25, 0.3) is 5.91 Å². The molecule has 5 heteroatoms. The van der Waals surface area contributed by atoms with Crippen molar-refractivity contribution in [2.75, 3.05) is 44.3 Å². The highest BCUT2D eigenvalue weighted by molar-refractivity contribution is 5.94. The Balaban J connectivity index is 1.35. The molecule has 1 amide bonds. The number of rotatable bonds is 5. The van der Waals surface area contributed by atoms with Crippen LogP contribution in [0.1, 0.15) is 34.3 Å². The number of piperazine rings is 1. The molecule has 2 aromatic rings. The van der Waals surface area contributed by atoms with Crippen LogP contribution in [0.5, 0.6) is 5.75 Å². The van der Waals surface area contributed by atoms with Crippen molar-refractivity contribution in [3.8, 4) is 5.75 Å². The van der Waals surface area contributed by atoms with Gasteiger partial charge in [-0.15, -0.1) is 0 Å². The van der Waals surface area contributed by atoms with Crippen LogP contribution in [-0.4, -0.2) is 56.3 Å². The van der Waals surface area contributed by atoms with Gasteiger partial charge in [-0.3, -0.25) is 4.79 Å². The number of carbonyl (C=O) groups excluding carboxylic acids is 1. The Hall–Kier alpha value is -2.53. The van der Waals surface area contributed by atoms with E-state index in [4.69, 9.17) is 9.47 Å². The quantitative estimate of drug-likeness (QED) is 0.773. The average molecular weight is 395 g/mol. The van der Waals surface area contributed by atoms with Crippen LogP contribution in [0.4, 0.5) is 5.69 Å². The lowest BCUT2D eigenvalue weighted by molar-refractivity contribution is 0.0677. The molecule has 0 N–H and O–H groups in total. The fourth-order valence-electron chi connectivity index (χ4n) is 4.10. The fraction of sp³-hybridized carbons (Fsp3) is 0.458. The molecule has 0 spiro atoms. The molecule has 5 nitrogen and oxygen atoms in total. The minimum absolute atomic E-state index is 0.0770. The van der Waals surface area contributed by atoms with Gasteiger partial charge in [0, 0.05) is 44.0 Å². The summed E-state index contributed by atoms with van der Waals surface area (Å²) in [5.41, 5.74) is 4.60. The van der Waals surface area contributed by atoms with E-state index < -0.39 is 0 Å². The van der Waals surface area contributed by atoms with Crippen molar-refractivity contribution in [3.63, 3.8) is 0 Å². The van der Waals surface area contributed by atoms with Crippen molar-refractivity contribution in [2.45, 2.75) is 32.8 Å². The first-order valence-corrected chi connectivity index (χ1v) is 10.6. The summed E-state index contributed by atoms with van der Waals surface area (Å²) in [5, 5.41) is 0. The van der Waals surface area contributed by atoms with Gasteiger partial charge in [-0.2, -0.15) is 0 Å². The maximum Gasteiger partial charge on any atom is 0.254 e. The molecular formula is C24H30N2O3. The summed E-state index contributed by atoms with van der Waals surface area (Å²) >= 11 is 0. The topological polar surface area (TPSA) is 42.0 Å². The van der Waals surface area contributed by atoms with Gasteiger partial charge in [0.15, 0.2) is 0 Å². The monoisotopic (exact) mass is 394 g/mol. The minimum Gasteiger partial charge on any atom is -0.491 e. The molecule has 2 saturated heterocycles. The first-order chi connectivity index (χ1) is 14.1. The van der Waals surface area contributed by atoms with E-state index in [1.165, 1.54) is 16.8 Å². The number of anilines is 1. The summed E-state index contributed by atoms with van der Waals surface area (Å²) in [4.78, 5) is 17.3. The maximum absolute atomic E-state index is 13.0. The second kappa shape index (κ2) is 8.87. The van der Waals surface area contributed by atoms with Crippen LogP contribution in [0.3, 0.4) is 0 Å². The van der Waals surface area contributed by atoms with Crippen LogP contribution in [0.25, 0.3) is 0 Å². The highest BCUT2D eigenvalue weighted by atomic mass is 16.5. The van der Waals surface area contributed by atoms with Gasteiger partial charge in [0.05, 0.1) is 6.10 Å². The summed E-state index contributed by atoms with van der Waals surface area (Å²) < 4.78 is 11.5. The molecule has 154 valence electrons. The summed E-state index contributed by atoms with van der Waals surface area (Å²) in [6, 6.07) is 14.0. The molecule has 2 heterocycles. The largest absolute Gasteiger partial charge is 0.491 e. The Morgan fingerprint density at radius 1 is 1.10 bits per heavy atom. The number of benzene rings is 2. The van der Waals surface area contributed by atoms with E-state index in [0.29, 0.717) is 12.2 Å². The predicted octanol–water partition coefficient (Wildman–Crippen LogP) is 3.82. The Morgan fingerprint density at radius 3 is 2.66 bits per heavy atom. The molecule has 4 rings (SSSR count). The normalized spacial score (nSPS) is 19.4. The lowest BCUT2D eigenvalue weighted by Crippen LogP contribution is -2.49. The molecule has 0 radical (unpaired) electrons. The van der Waals surface area contributed by atoms with E-state index in [0.717, 1.165) is 51.4 Å². The first-order valence-electron chi connectivity index (χ1n) is 10.6. The van der Waals surface area contributed by atoms with Crippen LogP contribution in [0.2, 0.25) is 0 Å². The first kappa shape index (κ1) is 19.8. The molecule has 2 aliphatic heterocycles. The third-order valence-corrected chi connectivity index (χ3v) is 6.02. The minimum atomic E-state index is 0.0770. The van der Waals surface area contributed by atoms with E-state index >= 15 is 0 Å². The zero-order chi connectivity index (χ0) is 20.2. The van der Waals surface area contributed by atoms with Crippen LogP contribution in [0, 0.1) is 13.8 Å². The standard InChI is InChI=1S/C24H30N2O3/c1-18-6-3-10-23(19(18)2)25-11-13-26(14-12-25)24(27)20-7-4-8-21(16-20)29-17-22-9-5-15-28-22/h3-4,6-8,10,16,22H,5,9,11-15,17H2,1-2H3. The second-order valence-electron chi connectivity index (χ2n) is 7.97. The molecule has 0 saturated carbocycles. The van der Waals surface area contributed by atoms with E-state index in [1.807, 2.05) is 29.2 Å². The summed E-state index contributed by atoms with van der Waals surface area (Å²) in [5.74, 6) is 0.813. The number of hydrogen-bond donors (Lipinski definition) is 0. The lowest BCUT2D eigenvalue weighted by Gasteiger charge is -2.37. The molecule has 29 heavy (non-hydrogen) atoms. The third kappa shape index (κ3) is 4.56. The Morgan fingerprint density at radius 2 is 1.90 bits per heavy atom. The van der Waals surface area contributed by atoms with E-state index in [9.17, 15) is 4.79 Å². The number of amides is 1. The Kier molecular flexibility index (Phi) is 6.05. The van der Waals surface area contributed by atoms with Crippen molar-refractivity contribution in [1.82, 2.24) is 4.90 Å². The van der Waals surface area contributed by atoms with Gasteiger partial charge >= 0.3 is 0 Å². The summed E-state index contributed by atoms with van der Waals surface area (Å²) in [7, 11) is 0. The van der Waals surface area contributed by atoms with Crippen molar-refractivity contribution < 1.29 is 14.3 Å². The van der Waals surface area contributed by atoms with E-state index in [2.05, 4.69) is 36.9 Å². The van der Waals surface area contributed by atoms with Gasteiger partial charge in [-0.1, -0.05) is 18.2 Å². The van der Waals surface area contributed by atoms with Gasteiger partial charge in [-0.05, 0) is 62.1 Å². The molecular weight excluding hydrogens is 364 g/mol. The lowest BCUT2D eigenvalue weighted by atomic mass is 10.1. The van der Waals surface area contributed by atoms with Gasteiger partial charge in [0.2, 0.25) is 0 Å². The zero-order valence-electron chi connectivity index (χ0n) is 17.4. The van der Waals surface area contributed by atoms with Crippen LogP contribution in [0.15, 0.2) is 42.5 Å². The number of ether oxygens (including phenoxy) is 2. The molecule has 1 unspecified atom stereocenters. The smallest absolute Gasteiger partial charge is 0.254 e. The molecule has 2 fully saturated rings. The Labute approximate surface area is 173 Å². The van der Waals surface area contributed by atoms with Crippen LogP contribution < -0.4 is 9.64 Å². The van der Waals surface area contributed by atoms with Gasteiger partial charge < -0.3 is 19.3 Å². The summed E-state index contributed by atoms with van der Waals surface area (Å²) in [6.07, 6.45) is 2.32. The molecule has 0 aromatic heterocycles. The number of nitrogens with zero attached hydrogens (tertiary/aromatic N) is 2. The molecule has 2 aromatic carbocycles. The van der Waals surface area contributed by atoms with Crippen molar-refractivity contribution in [1.29, 1.82) is 0 Å². The van der Waals surface area contributed by atoms with Gasteiger partial charge in [-0.25, -0.2) is 0 Å². The predicted molar refractivity (Wildman–Crippen MR) is 115 cm³/mol. The summed E-state index contributed by atoms with van der Waals surface area (Å²) in [6.45, 7) is 8.85. The van der Waals surface area contributed by atoms with E-state index in [1.54, 1.807) is 0 Å². The molecule has 2 aliphatic rings. The van der Waals surface area contributed by atoms with Crippen LogP contribution >= 0.6 is 0 Å². The highest BCUT2D eigenvalue weighted by Crippen LogP contribution is 2.24. The molecule has 1 atom stereocenters. The van der Waals surface area contributed by atoms with Crippen molar-refractivity contribution >= 4 is 11.6 Å². The number of hydrogen-bond acceptors (Lipinski definition) is 4. The molecule has 0 bridgehead atoms. The number of aryl methyl sites for hydroxylation is 1. The number of carbonyl (C=O) groups is 1. The SMILES string of the molecule is Cc1cccc(N2CCN(C(=O)c3cccc(OCC4CCCO4)c3)CC2)c1C. The van der Waals surface area contributed by atoms with E-state index in [-0.39, 0.29) is 12.0 Å². The fourth-order valence-corrected chi connectivity index (χ4v) is 4.10. The van der Waals surface area contributed by atoms with Crippen molar-refractivity contribution in [3.05, 3.63) is 59.2 Å². The van der Waals surface area contributed by atoms with Gasteiger partial charge in [0.1, 0.15) is 12.4 Å². The second-order valence-corrected chi connectivity index (χ2v) is 7.97. The molecule has 0 aliphatic carbocycles.